The molecule has 1 aromatic rings. The van der Waals surface area contributed by atoms with Gasteiger partial charge in [-0.25, -0.2) is 4.98 Å². The van der Waals surface area contributed by atoms with Crippen LogP contribution in [0.2, 0.25) is 0 Å². The lowest BCUT2D eigenvalue weighted by Crippen LogP contribution is -2.39. The van der Waals surface area contributed by atoms with Gasteiger partial charge in [0.25, 0.3) is 0 Å². The van der Waals surface area contributed by atoms with Crippen LogP contribution in [0.15, 0.2) is 18.2 Å². The molecule has 25 heavy (non-hydrogen) atoms. The molecule has 0 bridgehead atoms. The highest BCUT2D eigenvalue weighted by Crippen LogP contribution is 2.29. The predicted octanol–water partition coefficient (Wildman–Crippen LogP) is 3.62. The Kier molecular flexibility index (Phi) is 6.17. The van der Waals surface area contributed by atoms with Crippen LogP contribution in [0.1, 0.15) is 31.4 Å². The second-order valence-electron chi connectivity index (χ2n) is 6.97. The molecule has 0 saturated carbocycles. The summed E-state index contributed by atoms with van der Waals surface area (Å²) >= 11 is 0. The highest BCUT2D eigenvalue weighted by atomic mass is 19.4. The molecule has 2 saturated heterocycles. The van der Waals surface area contributed by atoms with Crippen LogP contribution in [0.5, 0.6) is 5.88 Å². The number of aromatic nitrogens is 1. The van der Waals surface area contributed by atoms with E-state index in [1.165, 1.54) is 12.1 Å². The van der Waals surface area contributed by atoms with Crippen LogP contribution in [0.25, 0.3) is 0 Å². The molecule has 0 radical (unpaired) electrons. The molecule has 0 spiro atoms. The van der Waals surface area contributed by atoms with Crippen molar-refractivity contribution in [3.8, 4) is 5.88 Å². The molecule has 0 atom stereocenters. The molecule has 2 fully saturated rings. The summed E-state index contributed by atoms with van der Waals surface area (Å²) in [4.78, 5) is 6.05. The second-order valence-corrected chi connectivity index (χ2v) is 6.97. The van der Waals surface area contributed by atoms with E-state index in [-0.39, 0.29) is 5.88 Å². The molecule has 4 nitrogen and oxygen atoms in total. The van der Waals surface area contributed by atoms with Crippen molar-refractivity contribution in [1.29, 1.82) is 0 Å². The number of piperidine rings is 1. The van der Waals surface area contributed by atoms with Crippen molar-refractivity contribution < 1.29 is 22.6 Å². The second kappa shape index (κ2) is 8.36. The Morgan fingerprint density at radius 1 is 1.08 bits per heavy atom. The van der Waals surface area contributed by atoms with Gasteiger partial charge in [0.15, 0.2) is 0 Å². The van der Waals surface area contributed by atoms with Gasteiger partial charge in [-0.2, -0.15) is 13.2 Å². The maximum Gasteiger partial charge on any atom is 0.433 e. The molecule has 2 aliphatic rings. The van der Waals surface area contributed by atoms with Crippen molar-refractivity contribution in [2.75, 3.05) is 39.5 Å². The summed E-state index contributed by atoms with van der Waals surface area (Å²) in [5, 5.41) is 0. The average Bonchev–Trinajstić information content (AvgIpc) is 2.62. The van der Waals surface area contributed by atoms with Crippen LogP contribution in [-0.4, -0.2) is 49.3 Å². The third-order valence-corrected chi connectivity index (χ3v) is 5.05. The summed E-state index contributed by atoms with van der Waals surface area (Å²) in [5.74, 6) is 1.16. The van der Waals surface area contributed by atoms with Crippen LogP contribution in [0, 0.1) is 11.8 Å². The predicted molar refractivity (Wildman–Crippen MR) is 87.4 cm³/mol. The van der Waals surface area contributed by atoms with Gasteiger partial charge >= 0.3 is 6.18 Å². The molecule has 140 valence electrons. The van der Waals surface area contributed by atoms with Gasteiger partial charge < -0.3 is 14.4 Å². The van der Waals surface area contributed by atoms with E-state index in [1.54, 1.807) is 0 Å². The van der Waals surface area contributed by atoms with Crippen molar-refractivity contribution in [3.05, 3.63) is 23.9 Å². The molecule has 0 unspecified atom stereocenters. The van der Waals surface area contributed by atoms with Gasteiger partial charge in [-0.3, -0.25) is 0 Å². The Morgan fingerprint density at radius 3 is 2.48 bits per heavy atom. The average molecular weight is 358 g/mol. The van der Waals surface area contributed by atoms with E-state index in [0.717, 1.165) is 70.5 Å². The number of ether oxygens (including phenoxy) is 2. The van der Waals surface area contributed by atoms with Gasteiger partial charge in [-0.05, 0) is 56.7 Å². The van der Waals surface area contributed by atoms with Gasteiger partial charge in [0.2, 0.25) is 5.88 Å². The lowest BCUT2D eigenvalue weighted by atomic mass is 9.94. The number of pyridine rings is 1. The van der Waals surface area contributed by atoms with Crippen LogP contribution < -0.4 is 4.74 Å². The molecular weight excluding hydrogens is 333 g/mol. The Morgan fingerprint density at radius 2 is 1.80 bits per heavy atom. The summed E-state index contributed by atoms with van der Waals surface area (Å²) < 4.78 is 48.9. The van der Waals surface area contributed by atoms with Gasteiger partial charge in [-0.15, -0.1) is 0 Å². The van der Waals surface area contributed by atoms with E-state index in [9.17, 15) is 13.2 Å². The fraction of sp³-hybridized carbons (Fsp3) is 0.722. The fourth-order valence-corrected chi connectivity index (χ4v) is 3.49. The van der Waals surface area contributed by atoms with Gasteiger partial charge in [0.1, 0.15) is 5.69 Å². The Hall–Kier alpha value is -1.34. The summed E-state index contributed by atoms with van der Waals surface area (Å²) in [6, 6.07) is 3.78. The maximum atomic E-state index is 12.7. The van der Waals surface area contributed by atoms with E-state index in [1.807, 2.05) is 0 Å². The summed E-state index contributed by atoms with van der Waals surface area (Å²) in [6.07, 6.45) is -0.117. The number of nitrogens with zero attached hydrogens (tertiary/aromatic N) is 2. The largest absolute Gasteiger partial charge is 0.477 e. The lowest BCUT2D eigenvalue weighted by Gasteiger charge is -2.35. The first-order valence-electron chi connectivity index (χ1n) is 8.98. The number of rotatable bonds is 5. The normalized spacial score (nSPS) is 21.4. The first kappa shape index (κ1) is 18.5. The Labute approximate surface area is 146 Å². The van der Waals surface area contributed by atoms with Crippen LogP contribution in [0.3, 0.4) is 0 Å². The lowest BCUT2D eigenvalue weighted by molar-refractivity contribution is -0.141. The topological polar surface area (TPSA) is 34.6 Å². The van der Waals surface area contributed by atoms with Crippen molar-refractivity contribution in [1.82, 2.24) is 9.88 Å². The van der Waals surface area contributed by atoms with Crippen LogP contribution in [-0.2, 0) is 10.9 Å². The van der Waals surface area contributed by atoms with E-state index >= 15 is 0 Å². The zero-order valence-corrected chi connectivity index (χ0v) is 14.3. The Bertz CT molecular complexity index is 539. The molecule has 0 aromatic carbocycles. The summed E-state index contributed by atoms with van der Waals surface area (Å²) in [7, 11) is 0. The molecule has 3 rings (SSSR count). The van der Waals surface area contributed by atoms with Crippen LogP contribution >= 0.6 is 0 Å². The molecule has 2 aliphatic heterocycles. The fourth-order valence-electron chi connectivity index (χ4n) is 3.49. The smallest absolute Gasteiger partial charge is 0.433 e. The monoisotopic (exact) mass is 358 g/mol. The number of likely N-dealkylation sites (tertiary alicyclic amines) is 1. The highest BCUT2D eigenvalue weighted by molar-refractivity contribution is 5.17. The first-order valence-corrected chi connectivity index (χ1v) is 8.98. The molecular formula is C18H25F3N2O2. The summed E-state index contributed by atoms with van der Waals surface area (Å²) in [5.41, 5.74) is -0.906. The Balaban J connectivity index is 1.40. The third-order valence-electron chi connectivity index (χ3n) is 5.05. The van der Waals surface area contributed by atoms with Gasteiger partial charge in [0.05, 0.1) is 6.61 Å². The van der Waals surface area contributed by atoms with E-state index in [4.69, 9.17) is 9.47 Å². The summed E-state index contributed by atoms with van der Waals surface area (Å²) in [6.45, 7) is 5.37. The van der Waals surface area contributed by atoms with Crippen molar-refractivity contribution in [2.45, 2.75) is 31.9 Å². The molecule has 0 amide bonds. The third kappa shape index (κ3) is 5.57. The highest BCUT2D eigenvalue weighted by Gasteiger charge is 2.32. The number of alkyl halides is 3. The first-order chi connectivity index (χ1) is 12.0. The molecule has 7 heteroatoms. The minimum Gasteiger partial charge on any atom is -0.477 e. The van der Waals surface area contributed by atoms with Crippen molar-refractivity contribution >= 4 is 0 Å². The molecule has 0 N–H and O–H groups in total. The quantitative estimate of drug-likeness (QED) is 0.805. The van der Waals surface area contributed by atoms with Crippen molar-refractivity contribution in [3.63, 3.8) is 0 Å². The minimum atomic E-state index is -4.44. The SMILES string of the molecule is FC(F)(F)c1cccc(OCC2CCN(CC3CCOCC3)CC2)n1. The molecule has 1 aromatic heterocycles. The zero-order valence-electron chi connectivity index (χ0n) is 14.3. The molecule has 0 aliphatic carbocycles. The number of hydrogen-bond donors (Lipinski definition) is 0. The maximum absolute atomic E-state index is 12.7. The number of halogens is 3. The van der Waals surface area contributed by atoms with Crippen LogP contribution in [0.4, 0.5) is 13.2 Å². The number of hydrogen-bond acceptors (Lipinski definition) is 4. The van der Waals surface area contributed by atoms with E-state index in [2.05, 4.69) is 9.88 Å². The molecule has 3 heterocycles. The minimum absolute atomic E-state index is 0.0551. The van der Waals surface area contributed by atoms with E-state index < -0.39 is 11.9 Å². The standard InChI is InChI=1S/C18H25F3N2O2/c19-18(20,21)16-2-1-3-17(22-16)25-13-15-4-8-23(9-5-15)12-14-6-10-24-11-7-14/h1-3,14-15H,4-13H2. The van der Waals surface area contributed by atoms with Crippen molar-refractivity contribution in [2.24, 2.45) is 11.8 Å². The van der Waals surface area contributed by atoms with E-state index in [0.29, 0.717) is 12.5 Å². The van der Waals surface area contributed by atoms with Gasteiger partial charge in [-0.1, -0.05) is 6.07 Å². The van der Waals surface area contributed by atoms with Gasteiger partial charge in [0, 0.05) is 25.8 Å². The zero-order chi connectivity index (χ0) is 17.7.